The third-order valence-electron chi connectivity index (χ3n) is 5.74. The van der Waals surface area contributed by atoms with E-state index in [0.717, 1.165) is 37.0 Å². The Bertz CT molecular complexity index is 1120. The van der Waals surface area contributed by atoms with Crippen molar-refractivity contribution < 1.29 is 19.4 Å². The first-order valence-corrected chi connectivity index (χ1v) is 9.94. The topological polar surface area (TPSA) is 77.1 Å². The summed E-state index contributed by atoms with van der Waals surface area (Å²) in [6.45, 7) is 3.36. The molecule has 0 aromatic heterocycles. The molecule has 4 rings (SSSR count). The van der Waals surface area contributed by atoms with Gasteiger partial charge in [-0.05, 0) is 29.7 Å². The van der Waals surface area contributed by atoms with Gasteiger partial charge in [-0.25, -0.2) is 0 Å². The van der Waals surface area contributed by atoms with Crippen molar-refractivity contribution in [3.05, 3.63) is 75.8 Å². The summed E-state index contributed by atoms with van der Waals surface area (Å²) in [7, 11) is 3.71. The number of ether oxygens (including phenoxy) is 1. The number of piperazine rings is 1. The van der Waals surface area contributed by atoms with Crippen LogP contribution in [0.4, 0.5) is 11.4 Å². The van der Waals surface area contributed by atoms with Gasteiger partial charge in [-0.15, -0.1) is 0 Å². The molecule has 1 N–H and O–H groups in total. The molecule has 1 fully saturated rings. The molecule has 1 aliphatic heterocycles. The fourth-order valence-corrected chi connectivity index (χ4v) is 4.01. The summed E-state index contributed by atoms with van der Waals surface area (Å²) in [5, 5.41) is 13.4. The molecule has 0 aliphatic carbocycles. The van der Waals surface area contributed by atoms with E-state index >= 15 is 0 Å². The summed E-state index contributed by atoms with van der Waals surface area (Å²) in [6, 6.07) is 15.8. The first kappa shape index (κ1) is 19.8. The smallest absolute Gasteiger partial charge is 0.293 e. The van der Waals surface area contributed by atoms with Crippen LogP contribution in [0.2, 0.25) is 0 Å². The van der Waals surface area contributed by atoms with E-state index in [0.29, 0.717) is 22.6 Å². The number of methoxy groups -OCH3 is 1. The van der Waals surface area contributed by atoms with Crippen molar-refractivity contribution >= 4 is 27.9 Å². The summed E-state index contributed by atoms with van der Waals surface area (Å²) in [4.78, 5) is 28.1. The van der Waals surface area contributed by atoms with Crippen LogP contribution in [0.25, 0.3) is 10.8 Å². The number of nitro groups is 1. The zero-order valence-electron chi connectivity index (χ0n) is 17.1. The number of rotatable bonds is 5. The summed E-state index contributed by atoms with van der Waals surface area (Å²) >= 11 is 0. The Kier molecular flexibility index (Phi) is 5.37. The number of carbonyl (C=O) groups excluding carboxylic acids is 1. The number of hydrogen-bond donors (Lipinski definition) is 1. The summed E-state index contributed by atoms with van der Waals surface area (Å²) in [5.74, 6) is 0.437. The van der Waals surface area contributed by atoms with Crippen LogP contribution in [0, 0.1) is 10.1 Å². The number of carbonyl (C=O) groups is 1. The normalized spacial score (nSPS) is 14.7. The molecule has 3 aromatic rings. The van der Waals surface area contributed by atoms with Gasteiger partial charge >= 0.3 is 0 Å². The molecule has 1 heterocycles. The lowest BCUT2D eigenvalue weighted by molar-refractivity contribution is -0.880. The number of ketones is 1. The highest BCUT2D eigenvalue weighted by Gasteiger charge is 2.26. The second-order valence-electron chi connectivity index (χ2n) is 7.59. The molecule has 0 spiro atoms. The number of benzene rings is 3. The highest BCUT2D eigenvalue weighted by Crippen LogP contribution is 2.33. The molecule has 7 heteroatoms. The first-order chi connectivity index (χ1) is 14.5. The van der Waals surface area contributed by atoms with E-state index in [2.05, 4.69) is 7.05 Å². The monoisotopic (exact) mass is 406 g/mol. The van der Waals surface area contributed by atoms with Gasteiger partial charge in [0.25, 0.3) is 5.69 Å². The van der Waals surface area contributed by atoms with Crippen molar-refractivity contribution in [3.63, 3.8) is 0 Å². The third kappa shape index (κ3) is 3.59. The summed E-state index contributed by atoms with van der Waals surface area (Å²) in [5.41, 5.74) is 1.35. The minimum absolute atomic E-state index is 0.0294. The maximum atomic E-state index is 13.3. The average molecular weight is 406 g/mol. The highest BCUT2D eigenvalue weighted by atomic mass is 16.6. The molecule has 30 heavy (non-hydrogen) atoms. The minimum atomic E-state index is -0.399. The van der Waals surface area contributed by atoms with Gasteiger partial charge in [0, 0.05) is 22.6 Å². The van der Waals surface area contributed by atoms with Crippen LogP contribution >= 0.6 is 0 Å². The number of nitrogens with one attached hydrogen (secondary N) is 1. The van der Waals surface area contributed by atoms with E-state index in [1.165, 1.54) is 11.0 Å². The predicted molar refractivity (Wildman–Crippen MR) is 116 cm³/mol. The molecule has 1 saturated heterocycles. The van der Waals surface area contributed by atoms with Crippen molar-refractivity contribution in [2.75, 3.05) is 45.2 Å². The Morgan fingerprint density at radius 1 is 1.07 bits per heavy atom. The molecule has 0 amide bonds. The van der Waals surface area contributed by atoms with Gasteiger partial charge in [-0.3, -0.25) is 14.9 Å². The predicted octanol–water partition coefficient (Wildman–Crippen LogP) is 2.32. The van der Waals surface area contributed by atoms with Crippen LogP contribution in [0.5, 0.6) is 5.75 Å². The van der Waals surface area contributed by atoms with Gasteiger partial charge < -0.3 is 14.5 Å². The zero-order chi connectivity index (χ0) is 21.3. The number of quaternary nitrogens is 1. The lowest BCUT2D eigenvalue weighted by Crippen LogP contribution is -3.12. The van der Waals surface area contributed by atoms with Gasteiger partial charge in [0.1, 0.15) is 11.4 Å². The van der Waals surface area contributed by atoms with E-state index in [1.54, 1.807) is 31.4 Å². The molecular formula is C23H24N3O4+. The molecule has 7 nitrogen and oxygen atoms in total. The Morgan fingerprint density at radius 2 is 1.77 bits per heavy atom. The van der Waals surface area contributed by atoms with E-state index in [1.807, 2.05) is 29.2 Å². The van der Waals surface area contributed by atoms with Gasteiger partial charge in [-0.1, -0.05) is 24.3 Å². The van der Waals surface area contributed by atoms with E-state index < -0.39 is 4.92 Å². The fourth-order valence-electron chi connectivity index (χ4n) is 4.01. The molecule has 3 aromatic carbocycles. The number of hydrogen-bond acceptors (Lipinski definition) is 5. The molecule has 0 unspecified atom stereocenters. The first-order valence-electron chi connectivity index (χ1n) is 9.94. The number of nitro benzene ring substituents is 1. The Labute approximate surface area is 174 Å². The fraction of sp³-hybridized carbons (Fsp3) is 0.261. The van der Waals surface area contributed by atoms with Crippen molar-refractivity contribution in [3.8, 4) is 5.75 Å². The second-order valence-corrected chi connectivity index (χ2v) is 7.59. The number of likely N-dealkylation sites (N-methyl/N-ethyl adjacent to an activating group) is 1. The molecular weight excluding hydrogens is 382 g/mol. The lowest BCUT2D eigenvalue weighted by atomic mass is 9.96. The summed E-state index contributed by atoms with van der Waals surface area (Å²) < 4.78 is 5.40. The molecule has 1 aliphatic rings. The number of nitrogens with zero attached hydrogens (tertiary/aromatic N) is 2. The molecule has 0 saturated carbocycles. The van der Waals surface area contributed by atoms with E-state index in [-0.39, 0.29) is 11.5 Å². The molecule has 154 valence electrons. The molecule has 0 radical (unpaired) electrons. The Balaban J connectivity index is 1.74. The standard InChI is InChI=1S/C23H23N3O4/c1-24-11-13-25(14-12-24)20-9-7-16(15-21(20)26(28)29)23(27)19-8-10-22(30-2)18-6-4-3-5-17(18)19/h3-10,15H,11-14H2,1-2H3/p+1. The lowest BCUT2D eigenvalue weighted by Gasteiger charge is -2.31. The Hall–Kier alpha value is -3.45. The third-order valence-corrected chi connectivity index (χ3v) is 5.74. The van der Waals surface area contributed by atoms with Gasteiger partial charge in [0.15, 0.2) is 5.78 Å². The van der Waals surface area contributed by atoms with E-state index in [9.17, 15) is 14.9 Å². The van der Waals surface area contributed by atoms with Crippen molar-refractivity contribution in [2.45, 2.75) is 0 Å². The van der Waals surface area contributed by atoms with Crippen LogP contribution in [-0.4, -0.2) is 51.0 Å². The van der Waals surface area contributed by atoms with Crippen LogP contribution in [0.15, 0.2) is 54.6 Å². The van der Waals surface area contributed by atoms with Crippen LogP contribution in [0.3, 0.4) is 0 Å². The largest absolute Gasteiger partial charge is 0.496 e. The van der Waals surface area contributed by atoms with Gasteiger partial charge in [-0.2, -0.15) is 0 Å². The van der Waals surface area contributed by atoms with Crippen molar-refractivity contribution in [1.82, 2.24) is 0 Å². The maximum Gasteiger partial charge on any atom is 0.293 e. The van der Waals surface area contributed by atoms with Crippen LogP contribution in [-0.2, 0) is 0 Å². The minimum Gasteiger partial charge on any atom is -0.496 e. The van der Waals surface area contributed by atoms with Gasteiger partial charge in [0.05, 0.1) is 45.3 Å². The van der Waals surface area contributed by atoms with Crippen LogP contribution in [0.1, 0.15) is 15.9 Å². The number of fused-ring (bicyclic) bond motifs is 1. The van der Waals surface area contributed by atoms with Gasteiger partial charge in [0.2, 0.25) is 0 Å². The molecule has 0 bridgehead atoms. The van der Waals surface area contributed by atoms with Crippen molar-refractivity contribution in [1.29, 1.82) is 0 Å². The SMILES string of the molecule is COc1ccc(C(=O)c2ccc(N3CC[NH+](C)CC3)c([N+](=O)[O-])c2)c2ccccc12. The second kappa shape index (κ2) is 8.12. The quantitative estimate of drug-likeness (QED) is 0.400. The van der Waals surface area contributed by atoms with Crippen molar-refractivity contribution in [2.24, 2.45) is 0 Å². The summed E-state index contributed by atoms with van der Waals surface area (Å²) in [6.07, 6.45) is 0. The average Bonchev–Trinajstić information content (AvgIpc) is 2.78. The van der Waals surface area contributed by atoms with E-state index in [4.69, 9.17) is 4.74 Å². The Morgan fingerprint density at radius 3 is 2.43 bits per heavy atom. The molecule has 0 atom stereocenters. The zero-order valence-corrected chi connectivity index (χ0v) is 17.1. The van der Waals surface area contributed by atoms with Crippen LogP contribution < -0.4 is 14.5 Å². The maximum absolute atomic E-state index is 13.3. The highest BCUT2D eigenvalue weighted by molar-refractivity contribution is 6.17. The number of anilines is 1.